The Morgan fingerprint density at radius 3 is 2.46 bits per heavy atom. The van der Waals surface area contributed by atoms with E-state index in [1.165, 1.54) is 29.2 Å². The van der Waals surface area contributed by atoms with Crippen LogP contribution in [0.25, 0.3) is 0 Å². The van der Waals surface area contributed by atoms with Gasteiger partial charge in [-0.3, -0.25) is 19.7 Å². The van der Waals surface area contributed by atoms with E-state index in [1.807, 2.05) is 0 Å². The second-order valence-corrected chi connectivity index (χ2v) is 5.81. The predicted molar refractivity (Wildman–Crippen MR) is 78.9 cm³/mol. The number of benzene rings is 1. The molecule has 1 aromatic carbocycles. The number of rotatable bonds is 6. The molecule has 0 N–H and O–H groups in total. The molecule has 0 bridgehead atoms. The molecule has 6 nitrogen and oxygen atoms in total. The molecule has 9 heteroatoms. The van der Waals surface area contributed by atoms with Crippen LogP contribution < -0.4 is 0 Å². The summed E-state index contributed by atoms with van der Waals surface area (Å²) in [5, 5.41) is 14.7. The third kappa shape index (κ3) is 3.91. The Hall–Kier alpha value is -2.42. The van der Waals surface area contributed by atoms with Crippen LogP contribution in [0.2, 0.25) is 0 Å². The molecule has 0 amide bonds. The van der Waals surface area contributed by atoms with Crippen LogP contribution in [0.3, 0.4) is 0 Å². The molecule has 0 spiro atoms. The minimum atomic E-state index is -4.34. The first-order chi connectivity index (χ1) is 11.3. The molecule has 24 heavy (non-hydrogen) atoms. The molecule has 128 valence electrons. The average Bonchev–Trinajstić information content (AvgIpc) is 3.25. The summed E-state index contributed by atoms with van der Waals surface area (Å²) in [5.74, 6) is 0. The summed E-state index contributed by atoms with van der Waals surface area (Å²) in [5.41, 5.74) is 0.00348. The Balaban J connectivity index is 1.69. The zero-order valence-electron chi connectivity index (χ0n) is 12.6. The molecule has 3 rings (SSSR count). The SMILES string of the molecule is O=[N+]([O-])c1cnn(CN(Cc2ccc(C(F)(F)F)cc2)C2CC2)c1. The lowest BCUT2D eigenvalue weighted by Gasteiger charge is -2.22. The van der Waals surface area contributed by atoms with Crippen LogP contribution in [0.4, 0.5) is 18.9 Å². The van der Waals surface area contributed by atoms with Gasteiger partial charge < -0.3 is 0 Å². The van der Waals surface area contributed by atoms with E-state index >= 15 is 0 Å². The molecular weight excluding hydrogens is 325 g/mol. The lowest BCUT2D eigenvalue weighted by Crippen LogP contribution is -2.28. The van der Waals surface area contributed by atoms with Crippen molar-refractivity contribution in [2.45, 2.75) is 38.3 Å². The van der Waals surface area contributed by atoms with Gasteiger partial charge in [-0.15, -0.1) is 0 Å². The zero-order valence-corrected chi connectivity index (χ0v) is 12.6. The van der Waals surface area contributed by atoms with E-state index in [1.54, 1.807) is 0 Å². The van der Waals surface area contributed by atoms with Gasteiger partial charge in [0.2, 0.25) is 0 Å². The zero-order chi connectivity index (χ0) is 17.3. The number of nitro groups is 1. The summed E-state index contributed by atoms with van der Waals surface area (Å²) in [7, 11) is 0. The van der Waals surface area contributed by atoms with Crippen molar-refractivity contribution < 1.29 is 18.1 Å². The lowest BCUT2D eigenvalue weighted by molar-refractivity contribution is -0.385. The molecule has 0 unspecified atom stereocenters. The van der Waals surface area contributed by atoms with E-state index in [0.717, 1.165) is 30.5 Å². The van der Waals surface area contributed by atoms with E-state index in [4.69, 9.17) is 0 Å². The Morgan fingerprint density at radius 2 is 1.96 bits per heavy atom. The summed E-state index contributed by atoms with van der Waals surface area (Å²) in [6, 6.07) is 5.39. The quantitative estimate of drug-likeness (QED) is 0.597. The number of aromatic nitrogens is 2. The fraction of sp³-hybridized carbons (Fsp3) is 0.400. The molecule has 1 heterocycles. The first kappa shape index (κ1) is 16.4. The van der Waals surface area contributed by atoms with Crippen molar-refractivity contribution in [3.8, 4) is 0 Å². The molecule has 2 aromatic rings. The van der Waals surface area contributed by atoms with Crippen molar-refractivity contribution in [2.75, 3.05) is 0 Å². The second-order valence-electron chi connectivity index (χ2n) is 5.81. The third-order valence-electron chi connectivity index (χ3n) is 3.89. The predicted octanol–water partition coefficient (Wildman–Crippen LogP) is 3.43. The van der Waals surface area contributed by atoms with Crippen LogP contribution in [-0.2, 0) is 19.4 Å². The highest BCUT2D eigenvalue weighted by molar-refractivity contribution is 5.25. The van der Waals surface area contributed by atoms with Gasteiger partial charge in [-0.1, -0.05) is 12.1 Å². The summed E-state index contributed by atoms with van der Waals surface area (Å²) < 4.78 is 39.3. The van der Waals surface area contributed by atoms with E-state index in [-0.39, 0.29) is 5.69 Å². The molecule has 0 atom stereocenters. The summed E-state index contributed by atoms with van der Waals surface area (Å²) >= 11 is 0. The van der Waals surface area contributed by atoms with Crippen LogP contribution in [0.15, 0.2) is 36.7 Å². The third-order valence-corrected chi connectivity index (χ3v) is 3.89. The molecule has 1 saturated carbocycles. The highest BCUT2D eigenvalue weighted by Gasteiger charge is 2.31. The van der Waals surface area contributed by atoms with Gasteiger partial charge in [-0.25, -0.2) is 0 Å². The maximum absolute atomic E-state index is 12.6. The number of halogens is 3. The molecule has 1 fully saturated rings. The van der Waals surface area contributed by atoms with Crippen molar-refractivity contribution in [1.29, 1.82) is 0 Å². The summed E-state index contributed by atoms with van der Waals surface area (Å²) in [6.45, 7) is 0.829. The molecule has 1 aromatic heterocycles. The van der Waals surface area contributed by atoms with Crippen molar-refractivity contribution in [2.24, 2.45) is 0 Å². The molecule has 0 saturated heterocycles. The van der Waals surface area contributed by atoms with E-state index in [9.17, 15) is 23.3 Å². The average molecular weight is 340 g/mol. The first-order valence-electron chi connectivity index (χ1n) is 7.40. The van der Waals surface area contributed by atoms with Gasteiger partial charge in [0.05, 0.1) is 17.2 Å². The fourth-order valence-electron chi connectivity index (χ4n) is 2.48. The molecule has 1 aliphatic rings. The maximum Gasteiger partial charge on any atom is 0.416 e. The summed E-state index contributed by atoms with van der Waals surface area (Å²) in [4.78, 5) is 12.2. The van der Waals surface area contributed by atoms with Crippen LogP contribution in [0.1, 0.15) is 24.0 Å². The highest BCUT2D eigenvalue weighted by atomic mass is 19.4. The van der Waals surface area contributed by atoms with Gasteiger partial charge in [-0.2, -0.15) is 18.3 Å². The smallest absolute Gasteiger partial charge is 0.277 e. The van der Waals surface area contributed by atoms with Crippen molar-refractivity contribution in [3.63, 3.8) is 0 Å². The molecule has 0 radical (unpaired) electrons. The number of nitrogens with zero attached hydrogens (tertiary/aromatic N) is 4. The molecule has 0 aliphatic heterocycles. The largest absolute Gasteiger partial charge is 0.416 e. The van der Waals surface area contributed by atoms with Crippen LogP contribution >= 0.6 is 0 Å². The van der Waals surface area contributed by atoms with Crippen molar-refractivity contribution in [1.82, 2.24) is 14.7 Å². The van der Waals surface area contributed by atoms with Gasteiger partial charge >= 0.3 is 11.9 Å². The van der Waals surface area contributed by atoms with Crippen LogP contribution in [-0.4, -0.2) is 25.6 Å². The second kappa shape index (κ2) is 6.23. The molecular formula is C15H15F3N4O2. The maximum atomic E-state index is 12.6. The van der Waals surface area contributed by atoms with E-state index in [0.29, 0.717) is 19.3 Å². The lowest BCUT2D eigenvalue weighted by atomic mass is 10.1. The van der Waals surface area contributed by atoms with Crippen molar-refractivity contribution in [3.05, 3.63) is 57.9 Å². The standard InChI is InChI=1S/C15H15F3N4O2/c16-15(17,18)12-3-1-11(2-4-12)8-20(13-5-6-13)10-21-9-14(7-19-21)22(23)24/h1-4,7,9,13H,5-6,8,10H2. The monoisotopic (exact) mass is 340 g/mol. The van der Waals surface area contributed by atoms with Gasteiger partial charge in [0, 0.05) is 12.6 Å². The Labute approximate surface area is 135 Å². The van der Waals surface area contributed by atoms with Gasteiger partial charge in [0.25, 0.3) is 0 Å². The number of hydrogen-bond acceptors (Lipinski definition) is 4. The van der Waals surface area contributed by atoms with E-state index < -0.39 is 16.7 Å². The van der Waals surface area contributed by atoms with E-state index in [2.05, 4.69) is 10.00 Å². The topological polar surface area (TPSA) is 64.2 Å². The van der Waals surface area contributed by atoms with Crippen LogP contribution in [0.5, 0.6) is 0 Å². The Kier molecular flexibility index (Phi) is 4.27. The molecule has 1 aliphatic carbocycles. The summed E-state index contributed by atoms with van der Waals surface area (Å²) in [6.07, 6.45) is 0.196. The van der Waals surface area contributed by atoms with Gasteiger partial charge in [0.15, 0.2) is 0 Å². The van der Waals surface area contributed by atoms with Crippen LogP contribution in [0, 0.1) is 10.1 Å². The fourth-order valence-corrected chi connectivity index (χ4v) is 2.48. The normalized spacial score (nSPS) is 15.0. The first-order valence-corrected chi connectivity index (χ1v) is 7.40. The number of alkyl halides is 3. The number of hydrogen-bond donors (Lipinski definition) is 0. The Bertz CT molecular complexity index is 723. The minimum absolute atomic E-state index is 0.0831. The Morgan fingerprint density at radius 1 is 1.29 bits per heavy atom. The van der Waals surface area contributed by atoms with Crippen molar-refractivity contribution >= 4 is 5.69 Å². The highest BCUT2D eigenvalue weighted by Crippen LogP contribution is 2.31. The van der Waals surface area contributed by atoms with Gasteiger partial charge in [-0.05, 0) is 30.5 Å². The van der Waals surface area contributed by atoms with Gasteiger partial charge in [0.1, 0.15) is 12.4 Å². The minimum Gasteiger partial charge on any atom is -0.277 e.